The molecule has 2 atom stereocenters. The van der Waals surface area contributed by atoms with Gasteiger partial charge in [0.1, 0.15) is 5.76 Å². The molecule has 0 unspecified atom stereocenters. The first kappa shape index (κ1) is 11.1. The molecule has 3 rings (SSSR count). The molecule has 1 heterocycles. The number of allylic oxidation sites excluding steroid dienone is 1. The standard InChI is InChI=1S/C15H20O2/c1-15(2)12-4-3-10(9-16)7-11(12)8-14-13(15)5-6-17-14/h5-7,11-12,16H,3-4,8-9H2,1-2H3/t11-,12+/m1/s1. The van der Waals surface area contributed by atoms with E-state index in [4.69, 9.17) is 4.42 Å². The minimum Gasteiger partial charge on any atom is -0.469 e. The van der Waals surface area contributed by atoms with Gasteiger partial charge in [0.15, 0.2) is 0 Å². The van der Waals surface area contributed by atoms with Crippen LogP contribution in [0.3, 0.4) is 0 Å². The highest BCUT2D eigenvalue weighted by Crippen LogP contribution is 2.49. The van der Waals surface area contributed by atoms with Crippen LogP contribution in [0.15, 0.2) is 28.4 Å². The molecule has 92 valence electrons. The maximum Gasteiger partial charge on any atom is 0.108 e. The lowest BCUT2D eigenvalue weighted by Gasteiger charge is -2.45. The number of hydrogen-bond donors (Lipinski definition) is 1. The minimum absolute atomic E-state index is 0.197. The lowest BCUT2D eigenvalue weighted by molar-refractivity contribution is 0.182. The third-order valence-electron chi connectivity index (χ3n) is 4.73. The van der Waals surface area contributed by atoms with Crippen molar-refractivity contribution in [1.82, 2.24) is 0 Å². The molecule has 0 aliphatic heterocycles. The van der Waals surface area contributed by atoms with Gasteiger partial charge >= 0.3 is 0 Å². The minimum atomic E-state index is 0.197. The molecular weight excluding hydrogens is 212 g/mol. The molecule has 2 aliphatic rings. The predicted octanol–water partition coefficient (Wildman–Crippen LogP) is 3.06. The van der Waals surface area contributed by atoms with Gasteiger partial charge in [-0.25, -0.2) is 0 Å². The number of fused-ring (bicyclic) bond motifs is 2. The molecule has 0 aromatic carbocycles. The second-order valence-electron chi connectivity index (χ2n) is 5.98. The Morgan fingerprint density at radius 1 is 1.47 bits per heavy atom. The molecule has 0 saturated heterocycles. The summed E-state index contributed by atoms with van der Waals surface area (Å²) in [5.41, 5.74) is 2.79. The Bertz CT molecular complexity index is 453. The Morgan fingerprint density at radius 2 is 2.29 bits per heavy atom. The van der Waals surface area contributed by atoms with E-state index in [1.165, 1.54) is 17.6 Å². The Morgan fingerprint density at radius 3 is 3.06 bits per heavy atom. The van der Waals surface area contributed by atoms with Crippen LogP contribution >= 0.6 is 0 Å². The molecule has 0 radical (unpaired) electrons. The average Bonchev–Trinajstić information content (AvgIpc) is 2.77. The summed E-state index contributed by atoms with van der Waals surface area (Å²) in [6.07, 6.45) is 7.35. The summed E-state index contributed by atoms with van der Waals surface area (Å²) in [7, 11) is 0. The third kappa shape index (κ3) is 1.58. The highest BCUT2D eigenvalue weighted by molar-refractivity contribution is 5.34. The molecule has 0 fully saturated rings. The second kappa shape index (κ2) is 3.74. The van der Waals surface area contributed by atoms with E-state index in [2.05, 4.69) is 26.0 Å². The topological polar surface area (TPSA) is 33.4 Å². The van der Waals surface area contributed by atoms with Gasteiger partial charge in [-0.2, -0.15) is 0 Å². The second-order valence-corrected chi connectivity index (χ2v) is 5.98. The molecule has 1 N–H and O–H groups in total. The quantitative estimate of drug-likeness (QED) is 0.755. The monoisotopic (exact) mass is 232 g/mol. The summed E-state index contributed by atoms with van der Waals surface area (Å²) >= 11 is 0. The number of hydrogen-bond acceptors (Lipinski definition) is 2. The van der Waals surface area contributed by atoms with Crippen LogP contribution in [0.25, 0.3) is 0 Å². The summed E-state index contributed by atoms with van der Waals surface area (Å²) in [4.78, 5) is 0. The van der Waals surface area contributed by atoms with E-state index >= 15 is 0 Å². The van der Waals surface area contributed by atoms with Crippen molar-refractivity contribution in [2.75, 3.05) is 6.61 Å². The highest BCUT2D eigenvalue weighted by Gasteiger charge is 2.44. The summed E-state index contributed by atoms with van der Waals surface area (Å²) in [6, 6.07) is 2.14. The molecule has 2 nitrogen and oxygen atoms in total. The largest absolute Gasteiger partial charge is 0.469 e. The van der Waals surface area contributed by atoms with E-state index in [0.717, 1.165) is 18.6 Å². The zero-order valence-corrected chi connectivity index (χ0v) is 10.6. The van der Waals surface area contributed by atoms with Crippen molar-refractivity contribution in [3.8, 4) is 0 Å². The van der Waals surface area contributed by atoms with Gasteiger partial charge < -0.3 is 9.52 Å². The van der Waals surface area contributed by atoms with Crippen molar-refractivity contribution in [2.45, 2.75) is 38.5 Å². The van der Waals surface area contributed by atoms with Crippen LogP contribution in [0.4, 0.5) is 0 Å². The number of rotatable bonds is 1. The van der Waals surface area contributed by atoms with Crippen LogP contribution in [-0.2, 0) is 11.8 Å². The van der Waals surface area contributed by atoms with E-state index in [0.29, 0.717) is 11.8 Å². The summed E-state index contributed by atoms with van der Waals surface area (Å²) < 4.78 is 5.62. The fraction of sp³-hybridized carbons (Fsp3) is 0.600. The van der Waals surface area contributed by atoms with Crippen molar-refractivity contribution in [1.29, 1.82) is 0 Å². The Kier molecular flexibility index (Phi) is 2.44. The van der Waals surface area contributed by atoms with Crippen molar-refractivity contribution >= 4 is 0 Å². The van der Waals surface area contributed by atoms with E-state index in [1.807, 2.05) is 6.26 Å². The first-order valence-corrected chi connectivity index (χ1v) is 6.50. The first-order valence-electron chi connectivity index (χ1n) is 6.50. The maximum absolute atomic E-state index is 9.27. The summed E-state index contributed by atoms with van der Waals surface area (Å²) in [6.45, 7) is 4.88. The number of aliphatic hydroxyl groups is 1. The average molecular weight is 232 g/mol. The van der Waals surface area contributed by atoms with Crippen LogP contribution in [0.1, 0.15) is 38.0 Å². The number of aliphatic hydroxyl groups excluding tert-OH is 1. The van der Waals surface area contributed by atoms with Crippen LogP contribution in [-0.4, -0.2) is 11.7 Å². The lowest BCUT2D eigenvalue weighted by Crippen LogP contribution is -2.40. The fourth-order valence-corrected chi connectivity index (χ4v) is 3.77. The normalized spacial score (nSPS) is 30.4. The smallest absolute Gasteiger partial charge is 0.108 e. The van der Waals surface area contributed by atoms with E-state index in [-0.39, 0.29) is 12.0 Å². The van der Waals surface area contributed by atoms with E-state index in [1.54, 1.807) is 0 Å². The molecule has 0 bridgehead atoms. The summed E-state index contributed by atoms with van der Waals surface area (Å²) in [5, 5.41) is 9.27. The van der Waals surface area contributed by atoms with Crippen molar-refractivity contribution in [3.63, 3.8) is 0 Å². The molecule has 2 heteroatoms. The number of furan rings is 1. The van der Waals surface area contributed by atoms with Crippen LogP contribution in [0, 0.1) is 11.8 Å². The van der Waals surface area contributed by atoms with Gasteiger partial charge in [0.25, 0.3) is 0 Å². The Balaban J connectivity index is 2.02. The van der Waals surface area contributed by atoms with Crippen LogP contribution < -0.4 is 0 Å². The van der Waals surface area contributed by atoms with E-state index < -0.39 is 0 Å². The molecule has 0 saturated carbocycles. The molecule has 17 heavy (non-hydrogen) atoms. The third-order valence-corrected chi connectivity index (χ3v) is 4.73. The summed E-state index contributed by atoms with van der Waals surface area (Å²) in [5.74, 6) is 2.37. The van der Waals surface area contributed by atoms with Crippen LogP contribution in [0.2, 0.25) is 0 Å². The maximum atomic E-state index is 9.27. The fourth-order valence-electron chi connectivity index (χ4n) is 3.77. The molecule has 0 amide bonds. The van der Waals surface area contributed by atoms with Crippen LogP contribution in [0.5, 0.6) is 0 Å². The Labute approximate surface area is 102 Å². The van der Waals surface area contributed by atoms with Gasteiger partial charge in [0, 0.05) is 6.42 Å². The van der Waals surface area contributed by atoms with Gasteiger partial charge in [-0.15, -0.1) is 0 Å². The van der Waals surface area contributed by atoms with Crippen molar-refractivity contribution < 1.29 is 9.52 Å². The van der Waals surface area contributed by atoms with Gasteiger partial charge in [-0.05, 0) is 47.3 Å². The zero-order chi connectivity index (χ0) is 12.0. The van der Waals surface area contributed by atoms with E-state index in [9.17, 15) is 5.11 Å². The molecule has 2 aliphatic carbocycles. The predicted molar refractivity (Wildman–Crippen MR) is 66.8 cm³/mol. The van der Waals surface area contributed by atoms with Gasteiger partial charge in [-0.1, -0.05) is 19.9 Å². The zero-order valence-electron chi connectivity index (χ0n) is 10.6. The lowest BCUT2D eigenvalue weighted by atomic mass is 9.59. The SMILES string of the molecule is CC1(C)c2ccoc2C[C@H]2C=C(CO)CC[C@@H]21. The van der Waals surface area contributed by atoms with Crippen molar-refractivity contribution in [3.05, 3.63) is 35.3 Å². The Hall–Kier alpha value is -1.02. The highest BCUT2D eigenvalue weighted by atomic mass is 16.3. The van der Waals surface area contributed by atoms with Gasteiger partial charge in [-0.3, -0.25) is 0 Å². The van der Waals surface area contributed by atoms with Gasteiger partial charge in [0.05, 0.1) is 12.9 Å². The molecular formula is C15H20O2. The van der Waals surface area contributed by atoms with Crippen molar-refractivity contribution in [2.24, 2.45) is 11.8 Å². The molecule has 0 spiro atoms. The molecule has 1 aromatic heterocycles. The molecule has 1 aromatic rings. The van der Waals surface area contributed by atoms with Gasteiger partial charge in [0.2, 0.25) is 0 Å². The first-order chi connectivity index (χ1) is 8.13.